The summed E-state index contributed by atoms with van der Waals surface area (Å²) in [6.45, 7) is 6.23. The van der Waals surface area contributed by atoms with Crippen LogP contribution in [0.4, 0.5) is 4.39 Å². The van der Waals surface area contributed by atoms with Crippen molar-refractivity contribution in [2.75, 3.05) is 0 Å². The molecule has 0 fully saturated rings. The van der Waals surface area contributed by atoms with Gasteiger partial charge in [0.1, 0.15) is 5.82 Å². The van der Waals surface area contributed by atoms with E-state index in [0.29, 0.717) is 13.0 Å². The Kier molecular flexibility index (Phi) is 4.60. The zero-order valence-corrected chi connectivity index (χ0v) is 13.4. The van der Waals surface area contributed by atoms with Gasteiger partial charge in [-0.3, -0.25) is 4.68 Å². The number of aliphatic hydroxyl groups is 1. The van der Waals surface area contributed by atoms with Crippen molar-refractivity contribution in [3.8, 4) is 0 Å². The van der Waals surface area contributed by atoms with Crippen molar-refractivity contribution >= 4 is 15.9 Å². The Bertz CT molecular complexity index is 625. The van der Waals surface area contributed by atoms with E-state index in [4.69, 9.17) is 0 Å². The second-order valence-electron chi connectivity index (χ2n) is 4.90. The van der Waals surface area contributed by atoms with Crippen molar-refractivity contribution in [3.63, 3.8) is 0 Å². The molecular weight excluding hydrogens is 323 g/mol. The lowest BCUT2D eigenvalue weighted by Crippen LogP contribution is -2.06. The largest absolute Gasteiger partial charge is 0.388 e. The van der Waals surface area contributed by atoms with Gasteiger partial charge in [0.05, 0.1) is 18.3 Å². The summed E-state index contributed by atoms with van der Waals surface area (Å²) >= 11 is 3.42. The maximum atomic E-state index is 13.3. The highest BCUT2D eigenvalue weighted by Crippen LogP contribution is 2.25. The fourth-order valence-corrected chi connectivity index (χ4v) is 2.75. The Morgan fingerprint density at radius 1 is 1.40 bits per heavy atom. The number of hydrogen-bond acceptors (Lipinski definition) is 2. The average Bonchev–Trinajstić information content (AvgIpc) is 2.68. The predicted octanol–water partition coefficient (Wildman–Crippen LogP) is 3.89. The number of rotatable bonds is 4. The van der Waals surface area contributed by atoms with Gasteiger partial charge < -0.3 is 5.11 Å². The third kappa shape index (κ3) is 2.94. The third-order valence-corrected chi connectivity index (χ3v) is 4.26. The summed E-state index contributed by atoms with van der Waals surface area (Å²) in [5, 5.41) is 14.5. The Labute approximate surface area is 126 Å². The molecule has 0 aliphatic rings. The molecule has 1 aromatic carbocycles. The van der Waals surface area contributed by atoms with Gasteiger partial charge in [-0.2, -0.15) is 5.10 Å². The topological polar surface area (TPSA) is 38.1 Å². The second-order valence-corrected chi connectivity index (χ2v) is 5.76. The molecule has 2 aromatic rings. The Balaban J connectivity index is 2.37. The van der Waals surface area contributed by atoms with Gasteiger partial charge in [-0.25, -0.2) is 4.39 Å². The van der Waals surface area contributed by atoms with E-state index in [-0.39, 0.29) is 5.82 Å². The zero-order valence-electron chi connectivity index (χ0n) is 11.8. The molecule has 0 aliphatic carbocycles. The van der Waals surface area contributed by atoms with Crippen molar-refractivity contribution < 1.29 is 9.50 Å². The first-order chi connectivity index (χ1) is 9.43. The average molecular weight is 341 g/mol. The van der Waals surface area contributed by atoms with Crippen LogP contribution >= 0.6 is 15.9 Å². The van der Waals surface area contributed by atoms with Gasteiger partial charge in [0.15, 0.2) is 0 Å². The van der Waals surface area contributed by atoms with E-state index in [0.717, 1.165) is 27.0 Å². The molecule has 3 nitrogen and oxygen atoms in total. The van der Waals surface area contributed by atoms with E-state index in [9.17, 15) is 9.50 Å². The lowest BCUT2D eigenvalue weighted by Gasteiger charge is -2.10. The van der Waals surface area contributed by atoms with Gasteiger partial charge in [-0.1, -0.05) is 22.9 Å². The summed E-state index contributed by atoms with van der Waals surface area (Å²) in [6.07, 6.45) is 0.150. The zero-order chi connectivity index (χ0) is 14.9. The molecule has 0 aliphatic heterocycles. The molecule has 108 valence electrons. The van der Waals surface area contributed by atoms with Crippen molar-refractivity contribution in [1.29, 1.82) is 0 Å². The van der Waals surface area contributed by atoms with E-state index < -0.39 is 6.10 Å². The monoisotopic (exact) mass is 340 g/mol. The maximum Gasteiger partial charge on any atom is 0.123 e. The first-order valence-electron chi connectivity index (χ1n) is 6.60. The van der Waals surface area contributed by atoms with Crippen molar-refractivity contribution in [3.05, 3.63) is 51.0 Å². The highest BCUT2D eigenvalue weighted by molar-refractivity contribution is 9.10. The molecule has 5 heteroatoms. The van der Waals surface area contributed by atoms with Crippen molar-refractivity contribution in [1.82, 2.24) is 9.78 Å². The predicted molar refractivity (Wildman–Crippen MR) is 80.2 cm³/mol. The van der Waals surface area contributed by atoms with Gasteiger partial charge in [0.25, 0.3) is 0 Å². The fourth-order valence-electron chi connectivity index (χ4n) is 2.38. The van der Waals surface area contributed by atoms with E-state index in [2.05, 4.69) is 21.0 Å². The van der Waals surface area contributed by atoms with Crippen LogP contribution in [0, 0.1) is 19.7 Å². The van der Waals surface area contributed by atoms with Crippen LogP contribution in [0.1, 0.15) is 42.0 Å². The molecule has 0 amide bonds. The summed E-state index contributed by atoms with van der Waals surface area (Å²) in [4.78, 5) is 0. The lowest BCUT2D eigenvalue weighted by molar-refractivity contribution is 0.172. The molecule has 0 bridgehead atoms. The van der Waals surface area contributed by atoms with Crippen molar-refractivity contribution in [2.45, 2.75) is 39.8 Å². The fraction of sp³-hybridized carbons (Fsp3) is 0.400. The Hall–Kier alpha value is -1.20. The van der Waals surface area contributed by atoms with Crippen LogP contribution in [0.2, 0.25) is 0 Å². The number of nitrogens with zero attached hydrogens (tertiary/aromatic N) is 2. The molecule has 1 atom stereocenters. The molecule has 0 spiro atoms. The van der Waals surface area contributed by atoms with Gasteiger partial charge in [-0.05, 0) is 44.0 Å². The van der Waals surface area contributed by atoms with Gasteiger partial charge >= 0.3 is 0 Å². The van der Waals surface area contributed by atoms with E-state index >= 15 is 0 Å². The SMILES string of the molecule is CCC(O)c1c(C)nn(Cc2cc(F)ccc2Br)c1C. The van der Waals surface area contributed by atoms with Gasteiger partial charge in [-0.15, -0.1) is 0 Å². The number of halogens is 2. The maximum absolute atomic E-state index is 13.3. The van der Waals surface area contributed by atoms with Crippen LogP contribution in [-0.4, -0.2) is 14.9 Å². The first-order valence-corrected chi connectivity index (χ1v) is 7.39. The smallest absolute Gasteiger partial charge is 0.123 e. The van der Waals surface area contributed by atoms with Crippen molar-refractivity contribution in [2.24, 2.45) is 0 Å². The van der Waals surface area contributed by atoms with Gasteiger partial charge in [0, 0.05) is 15.7 Å². The summed E-state index contributed by atoms with van der Waals surface area (Å²) in [6, 6.07) is 4.61. The van der Waals surface area contributed by atoms with E-state index in [1.165, 1.54) is 12.1 Å². The van der Waals surface area contributed by atoms with Crippen LogP contribution in [0.25, 0.3) is 0 Å². The normalized spacial score (nSPS) is 12.7. The third-order valence-electron chi connectivity index (χ3n) is 3.49. The van der Waals surface area contributed by atoms with E-state index in [1.54, 1.807) is 6.07 Å². The molecule has 0 saturated heterocycles. The number of benzene rings is 1. The van der Waals surface area contributed by atoms with Crippen LogP contribution in [-0.2, 0) is 6.54 Å². The number of aromatic nitrogens is 2. The Morgan fingerprint density at radius 3 is 2.75 bits per heavy atom. The standard InChI is InChI=1S/C15H18BrFN2O/c1-4-14(20)15-9(2)18-19(10(15)3)8-11-7-12(17)5-6-13(11)16/h5-7,14,20H,4,8H2,1-3H3. The number of hydrogen-bond donors (Lipinski definition) is 1. The molecular formula is C15H18BrFN2O. The Morgan fingerprint density at radius 2 is 2.10 bits per heavy atom. The first kappa shape index (κ1) is 15.2. The van der Waals surface area contributed by atoms with Crippen LogP contribution in [0.5, 0.6) is 0 Å². The van der Waals surface area contributed by atoms with E-state index in [1.807, 2.05) is 25.5 Å². The molecule has 1 N–H and O–H groups in total. The molecule has 0 radical (unpaired) electrons. The molecule has 20 heavy (non-hydrogen) atoms. The lowest BCUT2D eigenvalue weighted by atomic mass is 10.1. The molecule has 2 rings (SSSR count). The molecule has 1 aromatic heterocycles. The van der Waals surface area contributed by atoms with Crippen LogP contribution in [0.3, 0.4) is 0 Å². The summed E-state index contributed by atoms with van der Waals surface area (Å²) in [5.74, 6) is -0.265. The van der Waals surface area contributed by atoms with Crippen LogP contribution in [0.15, 0.2) is 22.7 Å². The summed E-state index contributed by atoms with van der Waals surface area (Å²) in [5.41, 5.74) is 3.45. The second kappa shape index (κ2) is 6.06. The minimum Gasteiger partial charge on any atom is -0.388 e. The molecule has 1 unspecified atom stereocenters. The highest BCUT2D eigenvalue weighted by atomic mass is 79.9. The minimum atomic E-state index is -0.500. The summed E-state index contributed by atoms with van der Waals surface area (Å²) in [7, 11) is 0. The molecule has 0 saturated carbocycles. The van der Waals surface area contributed by atoms with Gasteiger partial charge in [0.2, 0.25) is 0 Å². The highest BCUT2D eigenvalue weighted by Gasteiger charge is 2.18. The van der Waals surface area contributed by atoms with Crippen LogP contribution < -0.4 is 0 Å². The quantitative estimate of drug-likeness (QED) is 0.916. The number of aryl methyl sites for hydroxylation is 1. The number of aliphatic hydroxyl groups excluding tert-OH is 1. The minimum absolute atomic E-state index is 0.265. The summed E-state index contributed by atoms with van der Waals surface area (Å²) < 4.78 is 16.0. The molecule has 1 heterocycles.